The monoisotopic (exact) mass is 256 g/mol. The van der Waals surface area contributed by atoms with Gasteiger partial charge >= 0.3 is 0 Å². The van der Waals surface area contributed by atoms with Crippen molar-refractivity contribution < 1.29 is 0 Å². The van der Waals surface area contributed by atoms with Crippen molar-refractivity contribution in [1.29, 1.82) is 0 Å². The predicted molar refractivity (Wildman–Crippen MR) is 79.4 cm³/mol. The third-order valence-electron chi connectivity index (χ3n) is 3.84. The summed E-state index contributed by atoms with van der Waals surface area (Å²) in [6, 6.07) is 8.97. The minimum atomic E-state index is 0.441. The maximum Gasteiger partial charge on any atom is 0.191 e. The van der Waals surface area contributed by atoms with Crippen LogP contribution in [0.15, 0.2) is 29.3 Å². The Bertz CT molecular complexity index is 600. The molecule has 2 aromatic rings. The molecule has 0 saturated heterocycles. The van der Waals surface area contributed by atoms with Crippen LogP contribution in [0, 0.1) is 6.92 Å². The smallest absolute Gasteiger partial charge is 0.191 e. The standard InChI is InChI=1S/C15H20N4/c1-10-8-16-15(18-10)17-9-14-11(2)12-6-4-5-7-13(12)19(14)3/h4-7,10H,8-9H2,1-3H3,(H2,16,17,18). The zero-order valence-electron chi connectivity index (χ0n) is 11.7. The molecule has 2 N–H and O–H groups in total. The first kappa shape index (κ1) is 12.1. The SMILES string of the molecule is Cc1c(CNC2=NCC(C)N2)n(C)c2ccccc12. The lowest BCUT2D eigenvalue weighted by Crippen LogP contribution is -2.37. The number of para-hydroxylation sites is 1. The van der Waals surface area contributed by atoms with Crippen molar-refractivity contribution in [3.8, 4) is 0 Å². The highest BCUT2D eigenvalue weighted by Gasteiger charge is 2.14. The van der Waals surface area contributed by atoms with Gasteiger partial charge in [0, 0.05) is 29.7 Å². The molecule has 1 unspecified atom stereocenters. The fourth-order valence-electron chi connectivity index (χ4n) is 2.71. The Labute approximate surface area is 113 Å². The van der Waals surface area contributed by atoms with Crippen LogP contribution in [-0.2, 0) is 13.6 Å². The van der Waals surface area contributed by atoms with E-state index in [9.17, 15) is 0 Å². The quantitative estimate of drug-likeness (QED) is 0.862. The van der Waals surface area contributed by atoms with Crippen LogP contribution in [-0.4, -0.2) is 23.1 Å². The van der Waals surface area contributed by atoms with Crippen LogP contribution in [0.3, 0.4) is 0 Å². The fourth-order valence-corrected chi connectivity index (χ4v) is 2.71. The average Bonchev–Trinajstić information content (AvgIpc) is 2.93. The van der Waals surface area contributed by atoms with Gasteiger partial charge in [0.2, 0.25) is 0 Å². The lowest BCUT2D eigenvalue weighted by Gasteiger charge is -2.10. The van der Waals surface area contributed by atoms with E-state index >= 15 is 0 Å². The summed E-state index contributed by atoms with van der Waals surface area (Å²) in [5.41, 5.74) is 3.94. The van der Waals surface area contributed by atoms with Gasteiger partial charge in [0.1, 0.15) is 0 Å². The summed E-state index contributed by atoms with van der Waals surface area (Å²) in [4.78, 5) is 4.43. The van der Waals surface area contributed by atoms with Crippen LogP contribution in [0.1, 0.15) is 18.2 Å². The van der Waals surface area contributed by atoms with Crippen molar-refractivity contribution in [2.75, 3.05) is 6.54 Å². The lowest BCUT2D eigenvalue weighted by atomic mass is 10.1. The Hall–Kier alpha value is -1.97. The van der Waals surface area contributed by atoms with E-state index in [1.807, 2.05) is 0 Å². The topological polar surface area (TPSA) is 41.4 Å². The molecule has 0 amide bonds. The number of aromatic nitrogens is 1. The molecule has 4 nitrogen and oxygen atoms in total. The van der Waals surface area contributed by atoms with Gasteiger partial charge in [-0.05, 0) is 25.5 Å². The number of aryl methyl sites for hydroxylation is 2. The van der Waals surface area contributed by atoms with Crippen molar-refractivity contribution in [3.63, 3.8) is 0 Å². The molecule has 0 saturated carbocycles. The van der Waals surface area contributed by atoms with Gasteiger partial charge < -0.3 is 15.2 Å². The number of fused-ring (bicyclic) bond motifs is 1. The van der Waals surface area contributed by atoms with E-state index < -0.39 is 0 Å². The summed E-state index contributed by atoms with van der Waals surface area (Å²) >= 11 is 0. The van der Waals surface area contributed by atoms with Crippen molar-refractivity contribution in [3.05, 3.63) is 35.5 Å². The minimum absolute atomic E-state index is 0.441. The molecule has 1 aliphatic heterocycles. The van der Waals surface area contributed by atoms with Gasteiger partial charge in [-0.15, -0.1) is 0 Å². The summed E-state index contributed by atoms with van der Waals surface area (Å²) in [5.74, 6) is 0.914. The second-order valence-electron chi connectivity index (χ2n) is 5.24. The average molecular weight is 256 g/mol. The molecule has 0 aliphatic carbocycles. The van der Waals surface area contributed by atoms with Crippen LogP contribution < -0.4 is 10.6 Å². The number of hydrogen-bond donors (Lipinski definition) is 2. The predicted octanol–water partition coefficient (Wildman–Crippen LogP) is 1.92. The van der Waals surface area contributed by atoms with E-state index in [1.165, 1.54) is 22.2 Å². The Balaban J connectivity index is 1.85. The van der Waals surface area contributed by atoms with Gasteiger partial charge in [0.15, 0.2) is 5.96 Å². The molecule has 0 radical (unpaired) electrons. The summed E-state index contributed by atoms with van der Waals surface area (Å²) in [6.45, 7) is 5.98. The number of rotatable bonds is 2. The van der Waals surface area contributed by atoms with Crippen molar-refractivity contribution in [2.45, 2.75) is 26.4 Å². The fraction of sp³-hybridized carbons (Fsp3) is 0.400. The highest BCUT2D eigenvalue weighted by molar-refractivity contribution is 5.86. The van der Waals surface area contributed by atoms with Gasteiger partial charge in [-0.3, -0.25) is 4.99 Å². The van der Waals surface area contributed by atoms with Crippen molar-refractivity contribution >= 4 is 16.9 Å². The van der Waals surface area contributed by atoms with Crippen LogP contribution in [0.2, 0.25) is 0 Å². The van der Waals surface area contributed by atoms with Gasteiger partial charge in [0.25, 0.3) is 0 Å². The number of hydrogen-bond acceptors (Lipinski definition) is 3. The minimum Gasteiger partial charge on any atom is -0.352 e. The van der Waals surface area contributed by atoms with Crippen LogP contribution in [0.25, 0.3) is 10.9 Å². The molecular formula is C15H20N4. The summed E-state index contributed by atoms with van der Waals surface area (Å²) in [5, 5.41) is 8.05. The summed E-state index contributed by atoms with van der Waals surface area (Å²) in [6.07, 6.45) is 0. The maximum atomic E-state index is 4.43. The van der Waals surface area contributed by atoms with E-state index in [0.717, 1.165) is 19.0 Å². The highest BCUT2D eigenvalue weighted by Crippen LogP contribution is 2.24. The summed E-state index contributed by atoms with van der Waals surface area (Å²) < 4.78 is 2.26. The van der Waals surface area contributed by atoms with Crippen molar-refractivity contribution in [2.24, 2.45) is 12.0 Å². The van der Waals surface area contributed by atoms with Crippen LogP contribution in [0.5, 0.6) is 0 Å². The Morgan fingerprint density at radius 3 is 2.89 bits per heavy atom. The molecule has 3 rings (SSSR count). The first-order chi connectivity index (χ1) is 9.16. The Morgan fingerprint density at radius 2 is 2.21 bits per heavy atom. The van der Waals surface area contributed by atoms with E-state index in [4.69, 9.17) is 0 Å². The molecule has 4 heteroatoms. The number of nitrogens with zero attached hydrogens (tertiary/aromatic N) is 2. The summed E-state index contributed by atoms with van der Waals surface area (Å²) in [7, 11) is 2.12. The zero-order valence-corrected chi connectivity index (χ0v) is 11.7. The molecule has 0 fully saturated rings. The normalized spacial score (nSPS) is 18.5. The van der Waals surface area contributed by atoms with E-state index in [2.05, 4.69) is 65.4 Å². The molecule has 1 aromatic carbocycles. The molecule has 1 atom stereocenters. The van der Waals surface area contributed by atoms with E-state index in [1.54, 1.807) is 0 Å². The third kappa shape index (κ3) is 2.07. The maximum absolute atomic E-state index is 4.43. The number of benzene rings is 1. The molecule has 2 heterocycles. The number of nitrogens with one attached hydrogen (secondary N) is 2. The van der Waals surface area contributed by atoms with Gasteiger partial charge in [0.05, 0.1) is 13.1 Å². The first-order valence-corrected chi connectivity index (χ1v) is 6.74. The molecule has 1 aromatic heterocycles. The Morgan fingerprint density at radius 1 is 1.42 bits per heavy atom. The van der Waals surface area contributed by atoms with Gasteiger partial charge in [-0.25, -0.2) is 0 Å². The molecule has 0 bridgehead atoms. The molecule has 19 heavy (non-hydrogen) atoms. The second-order valence-corrected chi connectivity index (χ2v) is 5.24. The van der Waals surface area contributed by atoms with E-state index in [0.29, 0.717) is 6.04 Å². The lowest BCUT2D eigenvalue weighted by molar-refractivity contribution is 0.707. The van der Waals surface area contributed by atoms with E-state index in [-0.39, 0.29) is 0 Å². The van der Waals surface area contributed by atoms with Crippen LogP contribution in [0.4, 0.5) is 0 Å². The first-order valence-electron chi connectivity index (χ1n) is 6.74. The molecular weight excluding hydrogens is 236 g/mol. The second kappa shape index (κ2) is 4.61. The number of aliphatic imine (C=N–C) groups is 1. The van der Waals surface area contributed by atoms with Gasteiger partial charge in [-0.1, -0.05) is 18.2 Å². The number of guanidine groups is 1. The van der Waals surface area contributed by atoms with Gasteiger partial charge in [-0.2, -0.15) is 0 Å². The van der Waals surface area contributed by atoms with Crippen molar-refractivity contribution in [1.82, 2.24) is 15.2 Å². The van der Waals surface area contributed by atoms with Crippen LogP contribution >= 0.6 is 0 Å². The highest BCUT2D eigenvalue weighted by atomic mass is 15.2. The zero-order chi connectivity index (χ0) is 13.4. The third-order valence-corrected chi connectivity index (χ3v) is 3.84. The largest absolute Gasteiger partial charge is 0.352 e. The Kier molecular flexibility index (Phi) is 2.93. The molecule has 100 valence electrons. The molecule has 1 aliphatic rings. The molecule has 0 spiro atoms.